The second kappa shape index (κ2) is 8.84. The van der Waals surface area contributed by atoms with Crippen LogP contribution in [0.3, 0.4) is 0 Å². The number of benzene rings is 1. The lowest BCUT2D eigenvalue weighted by atomic mass is 10.1. The van der Waals surface area contributed by atoms with Gasteiger partial charge in [0.05, 0.1) is 5.75 Å². The number of hydrogen-bond donors (Lipinski definition) is 2. The van der Waals surface area contributed by atoms with Crippen LogP contribution >= 0.6 is 11.8 Å². The highest BCUT2D eigenvalue weighted by molar-refractivity contribution is 7.99. The largest absolute Gasteiger partial charge is 0.333 e. The fourth-order valence-electron chi connectivity index (χ4n) is 2.32. The van der Waals surface area contributed by atoms with E-state index in [2.05, 4.69) is 20.8 Å². The Morgan fingerprint density at radius 3 is 2.46 bits per heavy atom. The topological polar surface area (TPSA) is 88.9 Å². The number of thioether (sulfide) groups is 1. The molecule has 0 aliphatic carbocycles. The Bertz CT molecular complexity index is 753. The lowest BCUT2D eigenvalue weighted by Gasteiger charge is -2.20. The van der Waals surface area contributed by atoms with Gasteiger partial charge in [-0.25, -0.2) is 4.79 Å². The van der Waals surface area contributed by atoms with E-state index in [0.29, 0.717) is 18.1 Å². The van der Waals surface area contributed by atoms with Crippen molar-refractivity contribution < 1.29 is 9.59 Å². The first kappa shape index (κ1) is 20.0. The van der Waals surface area contributed by atoms with Gasteiger partial charge in [-0.1, -0.05) is 42.1 Å². The molecular formula is C18H25N5O2S. The van der Waals surface area contributed by atoms with Gasteiger partial charge in [0, 0.05) is 18.5 Å². The van der Waals surface area contributed by atoms with E-state index in [1.54, 1.807) is 0 Å². The molecule has 2 rings (SSSR count). The van der Waals surface area contributed by atoms with Crippen LogP contribution in [0.2, 0.25) is 0 Å². The molecule has 3 amide bonds. The van der Waals surface area contributed by atoms with Crippen molar-refractivity contribution in [3.63, 3.8) is 0 Å². The Morgan fingerprint density at radius 2 is 1.85 bits per heavy atom. The molecule has 0 saturated carbocycles. The molecular weight excluding hydrogens is 350 g/mol. The minimum absolute atomic E-state index is 0.0982. The quantitative estimate of drug-likeness (QED) is 0.758. The third-order valence-corrected chi connectivity index (χ3v) is 4.36. The van der Waals surface area contributed by atoms with E-state index in [-0.39, 0.29) is 11.7 Å². The zero-order valence-electron chi connectivity index (χ0n) is 15.6. The highest BCUT2D eigenvalue weighted by Gasteiger charge is 2.17. The number of hydrogen-bond acceptors (Lipinski definition) is 5. The zero-order chi connectivity index (χ0) is 19.2. The first-order chi connectivity index (χ1) is 12.3. The summed E-state index contributed by atoms with van der Waals surface area (Å²) in [5.74, 6) is 0.584. The smallest absolute Gasteiger partial charge is 0.321 e. The predicted molar refractivity (Wildman–Crippen MR) is 102 cm³/mol. The summed E-state index contributed by atoms with van der Waals surface area (Å²) in [7, 11) is 0. The Kier molecular flexibility index (Phi) is 6.79. The maximum absolute atomic E-state index is 12.0. The van der Waals surface area contributed by atoms with Gasteiger partial charge in [0.15, 0.2) is 5.16 Å². The van der Waals surface area contributed by atoms with Gasteiger partial charge in [-0.2, -0.15) is 0 Å². The third kappa shape index (κ3) is 6.18. The number of urea groups is 1. The van der Waals surface area contributed by atoms with Crippen LogP contribution in [0.4, 0.5) is 4.79 Å². The number of amides is 3. The van der Waals surface area contributed by atoms with Crippen LogP contribution in [0.25, 0.3) is 0 Å². The summed E-state index contributed by atoms with van der Waals surface area (Å²) in [4.78, 5) is 23.7. The SMILES string of the molecule is CCn1c(Cc2ccccc2)nnc1SCC(=O)NC(=O)NC(C)(C)C. The van der Waals surface area contributed by atoms with E-state index >= 15 is 0 Å². The molecule has 2 N–H and O–H groups in total. The number of carbonyl (C=O) groups excluding carboxylic acids is 2. The molecule has 0 radical (unpaired) electrons. The van der Waals surface area contributed by atoms with Gasteiger partial charge in [0.2, 0.25) is 5.91 Å². The minimum atomic E-state index is -0.496. The van der Waals surface area contributed by atoms with Gasteiger partial charge >= 0.3 is 6.03 Å². The molecule has 1 aromatic heterocycles. The normalized spacial score (nSPS) is 11.2. The van der Waals surface area contributed by atoms with E-state index < -0.39 is 11.6 Å². The molecule has 0 saturated heterocycles. The highest BCUT2D eigenvalue weighted by Crippen LogP contribution is 2.18. The summed E-state index contributed by atoms with van der Waals surface area (Å²) in [6.45, 7) is 8.28. The molecule has 26 heavy (non-hydrogen) atoms. The summed E-state index contributed by atoms with van der Waals surface area (Å²) in [6.07, 6.45) is 0.683. The van der Waals surface area contributed by atoms with Crippen LogP contribution in [0.15, 0.2) is 35.5 Å². The van der Waals surface area contributed by atoms with Crippen molar-refractivity contribution in [3.8, 4) is 0 Å². The van der Waals surface area contributed by atoms with Crippen LogP contribution < -0.4 is 10.6 Å². The second-order valence-corrected chi connectivity index (χ2v) is 7.79. The van der Waals surface area contributed by atoms with E-state index in [1.165, 1.54) is 11.8 Å². The molecule has 0 aliphatic heterocycles. The van der Waals surface area contributed by atoms with Crippen molar-refractivity contribution in [1.29, 1.82) is 0 Å². The van der Waals surface area contributed by atoms with Crippen LogP contribution in [0.5, 0.6) is 0 Å². The Balaban J connectivity index is 1.93. The summed E-state index contributed by atoms with van der Waals surface area (Å²) in [6, 6.07) is 9.55. The van der Waals surface area contributed by atoms with Crippen LogP contribution in [-0.2, 0) is 17.8 Å². The van der Waals surface area contributed by atoms with E-state index in [0.717, 1.165) is 11.4 Å². The van der Waals surface area contributed by atoms with Crippen molar-refractivity contribution in [2.24, 2.45) is 0 Å². The minimum Gasteiger partial charge on any atom is -0.333 e. The summed E-state index contributed by atoms with van der Waals surface area (Å²) < 4.78 is 1.99. The Hall–Kier alpha value is -2.35. The summed E-state index contributed by atoms with van der Waals surface area (Å²) in [5, 5.41) is 14.1. The molecule has 0 atom stereocenters. The molecule has 1 heterocycles. The molecule has 140 valence electrons. The Labute approximate surface area is 158 Å². The highest BCUT2D eigenvalue weighted by atomic mass is 32.2. The van der Waals surface area contributed by atoms with E-state index in [4.69, 9.17) is 0 Å². The number of nitrogens with one attached hydrogen (secondary N) is 2. The summed E-state index contributed by atoms with van der Waals surface area (Å²) in [5.41, 5.74) is 0.759. The molecule has 0 unspecified atom stereocenters. The molecule has 8 heteroatoms. The molecule has 0 bridgehead atoms. The van der Waals surface area contributed by atoms with Gasteiger partial charge in [0.1, 0.15) is 5.82 Å². The van der Waals surface area contributed by atoms with Crippen molar-refractivity contribution in [2.75, 3.05) is 5.75 Å². The third-order valence-electron chi connectivity index (χ3n) is 3.39. The maximum Gasteiger partial charge on any atom is 0.321 e. The fourth-order valence-corrected chi connectivity index (χ4v) is 3.14. The van der Waals surface area contributed by atoms with Crippen LogP contribution in [-0.4, -0.2) is 38.0 Å². The average Bonchev–Trinajstić information content (AvgIpc) is 2.93. The number of nitrogens with zero attached hydrogens (tertiary/aromatic N) is 3. The number of imide groups is 1. The monoisotopic (exact) mass is 375 g/mol. The van der Waals surface area contributed by atoms with Crippen molar-refractivity contribution in [2.45, 2.75) is 51.4 Å². The standard InChI is InChI=1S/C18H25N5O2S/c1-5-23-14(11-13-9-7-6-8-10-13)21-22-17(23)26-12-15(24)19-16(25)20-18(2,3)4/h6-10H,5,11-12H2,1-4H3,(H2,19,20,24,25). The van der Waals surface area contributed by atoms with Crippen LogP contribution in [0, 0.1) is 0 Å². The molecule has 0 aliphatic rings. The Morgan fingerprint density at radius 1 is 1.15 bits per heavy atom. The number of aromatic nitrogens is 3. The molecule has 0 fully saturated rings. The van der Waals surface area contributed by atoms with Gasteiger partial charge in [-0.05, 0) is 33.3 Å². The van der Waals surface area contributed by atoms with Crippen molar-refractivity contribution >= 4 is 23.7 Å². The first-order valence-electron chi connectivity index (χ1n) is 8.49. The summed E-state index contributed by atoms with van der Waals surface area (Å²) >= 11 is 1.27. The van der Waals surface area contributed by atoms with Gasteiger partial charge < -0.3 is 9.88 Å². The first-order valence-corrected chi connectivity index (χ1v) is 9.48. The average molecular weight is 375 g/mol. The van der Waals surface area contributed by atoms with Gasteiger partial charge in [-0.15, -0.1) is 10.2 Å². The van der Waals surface area contributed by atoms with Crippen LogP contribution in [0.1, 0.15) is 39.1 Å². The number of rotatable bonds is 6. The molecule has 2 aromatic rings. The predicted octanol–water partition coefficient (Wildman–Crippen LogP) is 2.61. The van der Waals surface area contributed by atoms with Crippen molar-refractivity contribution in [1.82, 2.24) is 25.4 Å². The van der Waals surface area contributed by atoms with E-state index in [1.807, 2.05) is 62.6 Å². The van der Waals surface area contributed by atoms with Crippen molar-refractivity contribution in [3.05, 3.63) is 41.7 Å². The molecule has 1 aromatic carbocycles. The maximum atomic E-state index is 12.0. The van der Waals surface area contributed by atoms with Gasteiger partial charge in [0.25, 0.3) is 0 Å². The lowest BCUT2D eigenvalue weighted by molar-refractivity contribution is -0.117. The lowest BCUT2D eigenvalue weighted by Crippen LogP contribution is -2.48. The zero-order valence-corrected chi connectivity index (χ0v) is 16.4. The molecule has 0 spiro atoms. The number of carbonyl (C=O) groups is 2. The van der Waals surface area contributed by atoms with Gasteiger partial charge in [-0.3, -0.25) is 10.1 Å². The molecule has 7 nitrogen and oxygen atoms in total. The second-order valence-electron chi connectivity index (χ2n) is 6.85. The van der Waals surface area contributed by atoms with E-state index in [9.17, 15) is 9.59 Å². The fraction of sp³-hybridized carbons (Fsp3) is 0.444.